The molecule has 0 aromatic heterocycles. The summed E-state index contributed by atoms with van der Waals surface area (Å²) in [6.07, 6.45) is 0.618. The predicted octanol–water partition coefficient (Wildman–Crippen LogP) is 3.88. The number of sulfone groups is 1. The van der Waals surface area contributed by atoms with Crippen molar-refractivity contribution in [2.24, 2.45) is 5.92 Å². The summed E-state index contributed by atoms with van der Waals surface area (Å²) in [4.78, 5) is 12.6. The summed E-state index contributed by atoms with van der Waals surface area (Å²) in [7, 11) is -3.49. The Balaban J connectivity index is 2.13. The van der Waals surface area contributed by atoms with E-state index in [0.29, 0.717) is 17.5 Å². The Morgan fingerprint density at radius 3 is 1.96 bits per heavy atom. The van der Waals surface area contributed by atoms with Crippen LogP contribution in [0.3, 0.4) is 0 Å². The predicted molar refractivity (Wildman–Crippen MR) is 90.7 cm³/mol. The molecule has 0 amide bonds. The Hall–Kier alpha value is -1.94. The smallest absolute Gasteiger partial charge is 0.165 e. The molecule has 0 spiro atoms. The van der Waals surface area contributed by atoms with Gasteiger partial charge in [0.25, 0.3) is 0 Å². The Labute approximate surface area is 137 Å². The van der Waals surface area contributed by atoms with E-state index in [1.165, 1.54) is 0 Å². The minimum absolute atomic E-state index is 0.0463. The van der Waals surface area contributed by atoms with Gasteiger partial charge in [0.15, 0.2) is 9.84 Å². The van der Waals surface area contributed by atoms with E-state index in [1.54, 1.807) is 12.1 Å². The molecule has 120 valence electrons. The van der Waals surface area contributed by atoms with Crippen molar-refractivity contribution in [2.75, 3.05) is 0 Å². The topological polar surface area (TPSA) is 51.2 Å². The molecule has 1 aliphatic heterocycles. The number of carbonyl (C=O) groups excluding carboxylic acids is 1. The molecule has 0 radical (unpaired) electrons. The van der Waals surface area contributed by atoms with Gasteiger partial charge in [-0.3, -0.25) is 4.79 Å². The van der Waals surface area contributed by atoms with Crippen molar-refractivity contribution in [3.05, 3.63) is 71.8 Å². The van der Waals surface area contributed by atoms with Gasteiger partial charge in [-0.25, -0.2) is 8.42 Å². The van der Waals surface area contributed by atoms with E-state index in [-0.39, 0.29) is 12.2 Å². The lowest BCUT2D eigenvalue weighted by molar-refractivity contribution is -0.123. The van der Waals surface area contributed by atoms with E-state index >= 15 is 0 Å². The van der Waals surface area contributed by atoms with Crippen LogP contribution in [0.1, 0.15) is 41.4 Å². The second-order valence-electron chi connectivity index (χ2n) is 6.00. The average molecular weight is 328 g/mol. The summed E-state index contributed by atoms with van der Waals surface area (Å²) in [5, 5.41) is -1.50. The molecule has 0 aliphatic carbocycles. The SMILES string of the molecule is CC[C@H]1C(=O)C[C@@H](c2ccccc2)S(=O)(=O)[C@@H]1c1ccccc1. The minimum Gasteiger partial charge on any atom is -0.299 e. The van der Waals surface area contributed by atoms with Crippen molar-refractivity contribution >= 4 is 15.6 Å². The first kappa shape index (κ1) is 15.9. The highest BCUT2D eigenvalue weighted by molar-refractivity contribution is 7.92. The Bertz CT molecular complexity index is 782. The third kappa shape index (κ3) is 2.83. The van der Waals surface area contributed by atoms with Gasteiger partial charge in [0.1, 0.15) is 5.78 Å². The van der Waals surface area contributed by atoms with Crippen molar-refractivity contribution < 1.29 is 13.2 Å². The van der Waals surface area contributed by atoms with Gasteiger partial charge in [-0.2, -0.15) is 0 Å². The van der Waals surface area contributed by atoms with Crippen LogP contribution in [-0.4, -0.2) is 14.2 Å². The summed E-state index contributed by atoms with van der Waals surface area (Å²) in [5.74, 6) is -0.410. The van der Waals surface area contributed by atoms with E-state index in [9.17, 15) is 13.2 Å². The van der Waals surface area contributed by atoms with Crippen LogP contribution in [0.4, 0.5) is 0 Å². The lowest BCUT2D eigenvalue weighted by atomic mass is 9.88. The molecule has 1 fully saturated rings. The average Bonchev–Trinajstić information content (AvgIpc) is 2.57. The Kier molecular flexibility index (Phi) is 4.35. The van der Waals surface area contributed by atoms with Gasteiger partial charge >= 0.3 is 0 Å². The van der Waals surface area contributed by atoms with Crippen molar-refractivity contribution in [2.45, 2.75) is 30.3 Å². The van der Waals surface area contributed by atoms with E-state index < -0.39 is 26.3 Å². The second kappa shape index (κ2) is 6.28. The lowest BCUT2D eigenvalue weighted by Crippen LogP contribution is -2.38. The Morgan fingerprint density at radius 2 is 1.43 bits per heavy atom. The molecule has 3 rings (SSSR count). The molecule has 0 bridgehead atoms. The van der Waals surface area contributed by atoms with Crippen molar-refractivity contribution in [3.63, 3.8) is 0 Å². The zero-order chi connectivity index (χ0) is 16.4. The van der Waals surface area contributed by atoms with E-state index in [2.05, 4.69) is 0 Å². The molecule has 0 N–H and O–H groups in total. The van der Waals surface area contributed by atoms with E-state index in [0.717, 1.165) is 0 Å². The molecular formula is C19H20O3S. The van der Waals surface area contributed by atoms with Crippen LogP contribution >= 0.6 is 0 Å². The fourth-order valence-electron chi connectivity index (χ4n) is 3.51. The summed E-state index contributed by atoms with van der Waals surface area (Å²) in [5.41, 5.74) is 1.42. The highest BCUT2D eigenvalue weighted by Gasteiger charge is 2.48. The number of ketones is 1. The fourth-order valence-corrected chi connectivity index (χ4v) is 6.13. The zero-order valence-corrected chi connectivity index (χ0v) is 13.9. The van der Waals surface area contributed by atoms with Crippen LogP contribution in [0.2, 0.25) is 0 Å². The summed E-state index contributed by atoms with van der Waals surface area (Å²) in [6, 6.07) is 18.2. The number of hydrogen-bond donors (Lipinski definition) is 0. The van der Waals surface area contributed by atoms with Crippen molar-refractivity contribution in [1.82, 2.24) is 0 Å². The van der Waals surface area contributed by atoms with Gasteiger partial charge in [-0.05, 0) is 17.5 Å². The molecule has 4 heteroatoms. The molecule has 23 heavy (non-hydrogen) atoms. The van der Waals surface area contributed by atoms with E-state index in [4.69, 9.17) is 0 Å². The maximum absolute atomic E-state index is 13.3. The van der Waals surface area contributed by atoms with E-state index in [1.807, 2.05) is 55.5 Å². The number of carbonyl (C=O) groups is 1. The number of rotatable bonds is 3. The molecule has 1 aliphatic rings. The van der Waals surface area contributed by atoms with Crippen molar-refractivity contribution in [1.29, 1.82) is 0 Å². The van der Waals surface area contributed by atoms with Crippen molar-refractivity contribution in [3.8, 4) is 0 Å². The molecule has 3 nitrogen and oxygen atoms in total. The van der Waals surface area contributed by atoms with Crippen LogP contribution in [0.5, 0.6) is 0 Å². The molecule has 1 heterocycles. The summed E-state index contributed by atoms with van der Waals surface area (Å²) in [6.45, 7) is 1.89. The van der Waals surface area contributed by atoms with Gasteiger partial charge in [-0.1, -0.05) is 67.6 Å². The van der Waals surface area contributed by atoms with Crippen LogP contribution in [0.25, 0.3) is 0 Å². The Morgan fingerprint density at radius 1 is 0.913 bits per heavy atom. The number of Topliss-reactive ketones (excluding diaryl/α,β-unsaturated/α-hetero) is 1. The molecule has 0 saturated carbocycles. The monoisotopic (exact) mass is 328 g/mol. The largest absolute Gasteiger partial charge is 0.299 e. The number of hydrogen-bond acceptors (Lipinski definition) is 3. The zero-order valence-electron chi connectivity index (χ0n) is 13.1. The highest BCUT2D eigenvalue weighted by Crippen LogP contribution is 2.47. The third-order valence-electron chi connectivity index (χ3n) is 4.66. The van der Waals surface area contributed by atoms with Crippen LogP contribution in [0.15, 0.2) is 60.7 Å². The van der Waals surface area contributed by atoms with Crippen LogP contribution in [0, 0.1) is 5.92 Å². The quantitative estimate of drug-likeness (QED) is 0.859. The van der Waals surface area contributed by atoms with Gasteiger partial charge in [0, 0.05) is 12.3 Å². The van der Waals surface area contributed by atoms with Gasteiger partial charge in [-0.15, -0.1) is 0 Å². The molecular weight excluding hydrogens is 308 g/mol. The molecule has 2 aromatic carbocycles. The first-order valence-electron chi connectivity index (χ1n) is 7.91. The molecule has 1 saturated heterocycles. The molecule has 0 unspecified atom stereocenters. The normalized spacial score (nSPS) is 26.8. The number of benzene rings is 2. The van der Waals surface area contributed by atoms with Crippen LogP contribution in [-0.2, 0) is 14.6 Å². The molecule has 3 atom stereocenters. The highest BCUT2D eigenvalue weighted by atomic mass is 32.2. The third-order valence-corrected chi connectivity index (χ3v) is 7.20. The van der Waals surface area contributed by atoms with Gasteiger partial charge < -0.3 is 0 Å². The maximum Gasteiger partial charge on any atom is 0.165 e. The molecule has 2 aromatic rings. The van der Waals surface area contributed by atoms with Gasteiger partial charge in [0.2, 0.25) is 0 Å². The first-order valence-corrected chi connectivity index (χ1v) is 9.52. The summed E-state index contributed by atoms with van der Waals surface area (Å²) >= 11 is 0. The summed E-state index contributed by atoms with van der Waals surface area (Å²) < 4.78 is 26.6. The van der Waals surface area contributed by atoms with Gasteiger partial charge in [0.05, 0.1) is 10.5 Å². The first-order chi connectivity index (χ1) is 11.1. The minimum atomic E-state index is -3.49. The van der Waals surface area contributed by atoms with Crippen LogP contribution < -0.4 is 0 Å². The lowest BCUT2D eigenvalue weighted by Gasteiger charge is -2.35. The maximum atomic E-state index is 13.3. The second-order valence-corrected chi connectivity index (χ2v) is 8.26. The standard InChI is InChI=1S/C19H20O3S/c1-2-16-17(20)13-18(14-9-5-3-6-10-14)23(21,22)19(16)15-11-7-4-8-12-15/h3-12,16,18-19H,2,13H2,1H3/t16-,18-,19+/m0/s1. The fraction of sp³-hybridized carbons (Fsp3) is 0.316.